The van der Waals surface area contributed by atoms with Gasteiger partial charge in [0.25, 0.3) is 0 Å². The zero-order chi connectivity index (χ0) is 13.1. The van der Waals surface area contributed by atoms with E-state index in [1.807, 2.05) is 0 Å². The maximum Gasteiger partial charge on any atom is 0.140 e. The first-order valence-corrected chi connectivity index (χ1v) is 5.22. The van der Waals surface area contributed by atoms with Gasteiger partial charge in [0.05, 0.1) is 5.56 Å². The van der Waals surface area contributed by atoms with E-state index in [-0.39, 0.29) is 12.0 Å². The van der Waals surface area contributed by atoms with Gasteiger partial charge < -0.3 is 0 Å². The van der Waals surface area contributed by atoms with E-state index < -0.39 is 17.5 Å². The van der Waals surface area contributed by atoms with Crippen LogP contribution >= 0.6 is 0 Å². The average Bonchev–Trinajstić information content (AvgIpc) is 2.30. The molecule has 0 atom stereocenters. The Morgan fingerprint density at radius 2 is 1.56 bits per heavy atom. The van der Waals surface area contributed by atoms with Gasteiger partial charge in [-0.3, -0.25) is 0 Å². The number of benzene rings is 2. The molecule has 0 aromatic heterocycles. The van der Waals surface area contributed by atoms with Crippen molar-refractivity contribution in [2.24, 2.45) is 0 Å². The summed E-state index contributed by atoms with van der Waals surface area (Å²) in [5.74, 6) is -1.92. The SMILES string of the molecule is N#Cc1cc(Cc2cc(F)cc(F)c2)ccc1F. The van der Waals surface area contributed by atoms with Gasteiger partial charge in [0, 0.05) is 6.07 Å². The van der Waals surface area contributed by atoms with E-state index in [4.69, 9.17) is 5.26 Å². The zero-order valence-electron chi connectivity index (χ0n) is 9.25. The first-order chi connectivity index (χ1) is 8.58. The van der Waals surface area contributed by atoms with Gasteiger partial charge >= 0.3 is 0 Å². The van der Waals surface area contributed by atoms with Crippen molar-refractivity contribution in [3.8, 4) is 6.07 Å². The van der Waals surface area contributed by atoms with Crippen LogP contribution in [-0.4, -0.2) is 0 Å². The lowest BCUT2D eigenvalue weighted by atomic mass is 10.0. The highest BCUT2D eigenvalue weighted by Gasteiger charge is 2.05. The van der Waals surface area contributed by atoms with Crippen LogP contribution in [0.1, 0.15) is 16.7 Å². The van der Waals surface area contributed by atoms with Crippen LogP contribution in [0.2, 0.25) is 0 Å². The molecule has 0 saturated carbocycles. The Balaban J connectivity index is 2.31. The Bertz CT molecular complexity index is 609. The van der Waals surface area contributed by atoms with Crippen molar-refractivity contribution in [2.75, 3.05) is 0 Å². The second kappa shape index (κ2) is 4.92. The summed E-state index contributed by atoms with van der Waals surface area (Å²) in [5.41, 5.74) is 0.977. The molecule has 90 valence electrons. The zero-order valence-corrected chi connectivity index (χ0v) is 9.25. The molecular formula is C14H8F3N. The molecule has 0 spiro atoms. The smallest absolute Gasteiger partial charge is 0.140 e. The number of hydrogen-bond donors (Lipinski definition) is 0. The summed E-state index contributed by atoms with van der Waals surface area (Å²) in [6, 6.07) is 8.95. The Hall–Kier alpha value is -2.28. The van der Waals surface area contributed by atoms with E-state index in [2.05, 4.69) is 0 Å². The third-order valence-corrected chi connectivity index (χ3v) is 2.48. The van der Waals surface area contributed by atoms with Crippen LogP contribution < -0.4 is 0 Å². The largest absolute Gasteiger partial charge is 0.207 e. The van der Waals surface area contributed by atoms with Crippen molar-refractivity contribution in [3.63, 3.8) is 0 Å². The number of nitriles is 1. The standard InChI is InChI=1S/C14H8F3N/c15-12-5-10(6-13(16)7-12)3-9-1-2-14(17)11(4-9)8-18/h1-2,4-7H,3H2. The predicted molar refractivity (Wildman–Crippen MR) is 60.3 cm³/mol. The van der Waals surface area contributed by atoms with E-state index in [0.717, 1.165) is 6.07 Å². The van der Waals surface area contributed by atoms with E-state index in [1.165, 1.54) is 30.3 Å². The lowest BCUT2D eigenvalue weighted by molar-refractivity contribution is 0.580. The van der Waals surface area contributed by atoms with Gasteiger partial charge in [-0.05, 0) is 41.8 Å². The summed E-state index contributed by atoms with van der Waals surface area (Å²) in [6.07, 6.45) is 0.240. The van der Waals surface area contributed by atoms with Crippen molar-refractivity contribution in [1.82, 2.24) is 0 Å². The highest BCUT2D eigenvalue weighted by Crippen LogP contribution is 2.16. The van der Waals surface area contributed by atoms with Crippen LogP contribution in [0.3, 0.4) is 0 Å². The maximum atomic E-state index is 13.1. The average molecular weight is 247 g/mol. The third-order valence-electron chi connectivity index (χ3n) is 2.48. The number of halogens is 3. The fraction of sp³-hybridized carbons (Fsp3) is 0.0714. The van der Waals surface area contributed by atoms with Crippen LogP contribution in [0.15, 0.2) is 36.4 Å². The topological polar surface area (TPSA) is 23.8 Å². The van der Waals surface area contributed by atoms with E-state index in [0.29, 0.717) is 11.1 Å². The Morgan fingerprint density at radius 1 is 0.889 bits per heavy atom. The molecule has 0 fully saturated rings. The summed E-state index contributed by atoms with van der Waals surface area (Å²) in [4.78, 5) is 0. The lowest BCUT2D eigenvalue weighted by Crippen LogP contribution is -1.93. The molecule has 0 bridgehead atoms. The molecule has 1 nitrogen and oxygen atoms in total. The molecule has 0 aliphatic carbocycles. The summed E-state index contributed by atoms with van der Waals surface area (Å²) in [5, 5.41) is 8.69. The van der Waals surface area contributed by atoms with Crippen LogP contribution in [0.5, 0.6) is 0 Å². The summed E-state index contributed by atoms with van der Waals surface area (Å²) >= 11 is 0. The molecule has 0 unspecified atom stereocenters. The van der Waals surface area contributed by atoms with Gasteiger partial charge in [-0.1, -0.05) is 6.07 Å². The highest BCUT2D eigenvalue weighted by atomic mass is 19.1. The van der Waals surface area contributed by atoms with Gasteiger partial charge in [-0.15, -0.1) is 0 Å². The minimum atomic E-state index is -0.660. The van der Waals surface area contributed by atoms with Crippen LogP contribution in [-0.2, 0) is 6.42 Å². The monoisotopic (exact) mass is 247 g/mol. The van der Waals surface area contributed by atoms with Crippen molar-refractivity contribution in [1.29, 1.82) is 5.26 Å². The molecule has 2 aromatic rings. The van der Waals surface area contributed by atoms with Crippen LogP contribution in [0.4, 0.5) is 13.2 Å². The molecule has 0 aliphatic heterocycles. The summed E-state index contributed by atoms with van der Waals surface area (Å²) < 4.78 is 39.1. The molecule has 2 aromatic carbocycles. The molecular weight excluding hydrogens is 239 g/mol. The van der Waals surface area contributed by atoms with Gasteiger partial charge in [-0.25, -0.2) is 13.2 Å². The van der Waals surface area contributed by atoms with Gasteiger partial charge in [0.2, 0.25) is 0 Å². The Morgan fingerprint density at radius 3 is 2.17 bits per heavy atom. The van der Waals surface area contributed by atoms with Gasteiger partial charge in [0.1, 0.15) is 23.5 Å². The van der Waals surface area contributed by atoms with Crippen molar-refractivity contribution < 1.29 is 13.2 Å². The Kier molecular flexibility index (Phi) is 3.33. The van der Waals surface area contributed by atoms with Gasteiger partial charge in [0.15, 0.2) is 0 Å². The highest BCUT2D eigenvalue weighted by molar-refractivity contribution is 5.36. The molecule has 2 rings (SSSR count). The minimum Gasteiger partial charge on any atom is -0.207 e. The minimum absolute atomic E-state index is 0.0793. The molecule has 0 heterocycles. The maximum absolute atomic E-state index is 13.1. The van der Waals surface area contributed by atoms with E-state index >= 15 is 0 Å². The second-order valence-corrected chi connectivity index (χ2v) is 3.88. The first kappa shape index (κ1) is 12.2. The number of nitrogens with zero attached hydrogens (tertiary/aromatic N) is 1. The molecule has 0 aliphatic rings. The van der Waals surface area contributed by atoms with E-state index in [9.17, 15) is 13.2 Å². The third kappa shape index (κ3) is 2.69. The quantitative estimate of drug-likeness (QED) is 0.795. The molecule has 0 N–H and O–H groups in total. The predicted octanol–water partition coefficient (Wildman–Crippen LogP) is 3.57. The molecule has 0 radical (unpaired) electrons. The number of rotatable bonds is 2. The van der Waals surface area contributed by atoms with Gasteiger partial charge in [-0.2, -0.15) is 5.26 Å². The van der Waals surface area contributed by atoms with Crippen molar-refractivity contribution in [2.45, 2.75) is 6.42 Å². The molecule has 0 saturated heterocycles. The van der Waals surface area contributed by atoms with Crippen molar-refractivity contribution in [3.05, 3.63) is 70.5 Å². The first-order valence-electron chi connectivity index (χ1n) is 5.22. The Labute approximate surface area is 102 Å². The fourth-order valence-corrected chi connectivity index (χ4v) is 1.72. The normalized spacial score (nSPS) is 10.1. The molecule has 4 heteroatoms. The number of hydrogen-bond acceptors (Lipinski definition) is 1. The second-order valence-electron chi connectivity index (χ2n) is 3.88. The van der Waals surface area contributed by atoms with Crippen LogP contribution in [0.25, 0.3) is 0 Å². The summed E-state index contributed by atoms with van der Waals surface area (Å²) in [6.45, 7) is 0. The van der Waals surface area contributed by atoms with Crippen LogP contribution in [0, 0.1) is 28.8 Å². The van der Waals surface area contributed by atoms with Crippen molar-refractivity contribution >= 4 is 0 Å². The molecule has 18 heavy (non-hydrogen) atoms. The lowest BCUT2D eigenvalue weighted by Gasteiger charge is -2.04. The fourth-order valence-electron chi connectivity index (χ4n) is 1.72. The summed E-state index contributed by atoms with van der Waals surface area (Å²) in [7, 11) is 0. The van der Waals surface area contributed by atoms with E-state index in [1.54, 1.807) is 6.07 Å². The molecule has 0 amide bonds.